The van der Waals surface area contributed by atoms with Crippen molar-refractivity contribution in [3.8, 4) is 0 Å². The Labute approximate surface area is 112 Å². The molecular formula is C12H8Cl2F2S. The molecule has 1 aromatic carbocycles. The molecule has 0 aliphatic heterocycles. The van der Waals surface area contributed by atoms with E-state index < -0.39 is 17.0 Å². The lowest BCUT2D eigenvalue weighted by Crippen LogP contribution is -1.98. The normalized spacial score (nSPS) is 12.8. The lowest BCUT2D eigenvalue weighted by atomic mass is 10.1. The fourth-order valence-corrected chi connectivity index (χ4v) is 2.91. The SMILES string of the molecule is Cc1cc(F)c(C(Cl)c2ccc(Cl)s2)cc1F. The molecule has 1 atom stereocenters. The predicted octanol–water partition coefficient (Wildman–Crippen LogP) is 5.32. The summed E-state index contributed by atoms with van der Waals surface area (Å²) in [5.74, 6) is -0.969. The number of hydrogen-bond acceptors (Lipinski definition) is 1. The van der Waals surface area contributed by atoms with Gasteiger partial charge in [-0.2, -0.15) is 0 Å². The van der Waals surface area contributed by atoms with E-state index in [1.54, 1.807) is 12.1 Å². The number of benzene rings is 1. The smallest absolute Gasteiger partial charge is 0.128 e. The Hall–Kier alpha value is -0.640. The van der Waals surface area contributed by atoms with Crippen LogP contribution in [0.25, 0.3) is 0 Å². The van der Waals surface area contributed by atoms with E-state index in [2.05, 4.69) is 0 Å². The molecule has 0 bridgehead atoms. The molecule has 0 fully saturated rings. The summed E-state index contributed by atoms with van der Waals surface area (Å²) in [6.07, 6.45) is 0. The molecule has 0 amide bonds. The maximum Gasteiger partial charge on any atom is 0.128 e. The summed E-state index contributed by atoms with van der Waals surface area (Å²) in [6, 6.07) is 5.67. The van der Waals surface area contributed by atoms with Crippen molar-refractivity contribution < 1.29 is 8.78 Å². The molecule has 0 N–H and O–H groups in total. The number of halogens is 4. The van der Waals surface area contributed by atoms with Crippen molar-refractivity contribution in [2.24, 2.45) is 0 Å². The molecule has 2 aromatic rings. The van der Waals surface area contributed by atoms with E-state index in [4.69, 9.17) is 23.2 Å². The average molecular weight is 293 g/mol. The van der Waals surface area contributed by atoms with Crippen molar-refractivity contribution >= 4 is 34.5 Å². The fourth-order valence-electron chi connectivity index (χ4n) is 1.47. The van der Waals surface area contributed by atoms with E-state index in [1.807, 2.05) is 0 Å². The zero-order chi connectivity index (χ0) is 12.6. The first kappa shape index (κ1) is 12.8. The topological polar surface area (TPSA) is 0 Å². The van der Waals surface area contributed by atoms with Crippen LogP contribution in [0.5, 0.6) is 0 Å². The Morgan fingerprint density at radius 1 is 1.18 bits per heavy atom. The fraction of sp³-hybridized carbons (Fsp3) is 0.167. The van der Waals surface area contributed by atoms with Gasteiger partial charge >= 0.3 is 0 Å². The van der Waals surface area contributed by atoms with Crippen LogP contribution >= 0.6 is 34.5 Å². The highest BCUT2D eigenvalue weighted by molar-refractivity contribution is 7.16. The second-order valence-electron chi connectivity index (χ2n) is 3.63. The van der Waals surface area contributed by atoms with E-state index in [0.717, 1.165) is 12.1 Å². The van der Waals surface area contributed by atoms with Crippen LogP contribution in [-0.2, 0) is 0 Å². The molecule has 1 unspecified atom stereocenters. The van der Waals surface area contributed by atoms with Gasteiger partial charge in [-0.05, 0) is 36.8 Å². The Bertz CT molecular complexity index is 551. The lowest BCUT2D eigenvalue weighted by Gasteiger charge is -2.10. The van der Waals surface area contributed by atoms with Gasteiger partial charge in [0.2, 0.25) is 0 Å². The van der Waals surface area contributed by atoms with Crippen molar-refractivity contribution in [3.05, 3.63) is 56.2 Å². The van der Waals surface area contributed by atoms with Crippen LogP contribution in [0.3, 0.4) is 0 Å². The van der Waals surface area contributed by atoms with Gasteiger partial charge in [-0.1, -0.05) is 11.6 Å². The van der Waals surface area contributed by atoms with Gasteiger partial charge in [-0.25, -0.2) is 8.78 Å². The highest BCUT2D eigenvalue weighted by Crippen LogP contribution is 2.37. The van der Waals surface area contributed by atoms with Crippen molar-refractivity contribution in [2.75, 3.05) is 0 Å². The molecule has 0 saturated carbocycles. The van der Waals surface area contributed by atoms with E-state index in [9.17, 15) is 8.78 Å². The summed E-state index contributed by atoms with van der Waals surface area (Å²) in [5.41, 5.74) is 0.396. The van der Waals surface area contributed by atoms with Gasteiger partial charge < -0.3 is 0 Å². The standard InChI is InChI=1S/C12H8Cl2F2S/c1-6-4-9(16)7(5-8(6)15)12(14)10-2-3-11(13)17-10/h2-5,12H,1H3. The number of rotatable bonds is 2. The first-order valence-electron chi connectivity index (χ1n) is 4.84. The molecule has 0 aliphatic rings. The molecule has 0 radical (unpaired) electrons. The minimum atomic E-state index is -0.720. The van der Waals surface area contributed by atoms with Gasteiger partial charge in [0.1, 0.15) is 11.6 Å². The van der Waals surface area contributed by atoms with Gasteiger partial charge in [-0.15, -0.1) is 22.9 Å². The summed E-state index contributed by atoms with van der Waals surface area (Å²) in [5, 5.41) is -0.720. The highest BCUT2D eigenvalue weighted by Gasteiger charge is 2.18. The van der Waals surface area contributed by atoms with Gasteiger partial charge in [0, 0.05) is 10.4 Å². The summed E-state index contributed by atoms with van der Waals surface area (Å²) in [7, 11) is 0. The highest BCUT2D eigenvalue weighted by atomic mass is 35.5. The maximum atomic E-state index is 13.7. The summed E-state index contributed by atoms with van der Waals surface area (Å²) in [4.78, 5) is 0.693. The number of alkyl halides is 1. The van der Waals surface area contributed by atoms with Gasteiger partial charge in [0.05, 0.1) is 9.71 Å². The number of aryl methyl sites for hydroxylation is 1. The second-order valence-corrected chi connectivity index (χ2v) is 5.81. The van der Waals surface area contributed by atoms with Crippen LogP contribution < -0.4 is 0 Å². The quantitative estimate of drug-likeness (QED) is 0.658. The van der Waals surface area contributed by atoms with Crippen LogP contribution in [0, 0.1) is 18.6 Å². The molecule has 1 heterocycles. The average Bonchev–Trinajstić information content (AvgIpc) is 2.69. The van der Waals surface area contributed by atoms with E-state index in [1.165, 1.54) is 18.3 Å². The van der Waals surface area contributed by atoms with Crippen molar-refractivity contribution in [1.82, 2.24) is 0 Å². The Morgan fingerprint density at radius 2 is 1.88 bits per heavy atom. The van der Waals surface area contributed by atoms with E-state index >= 15 is 0 Å². The zero-order valence-electron chi connectivity index (χ0n) is 8.81. The van der Waals surface area contributed by atoms with Gasteiger partial charge in [-0.3, -0.25) is 0 Å². The number of hydrogen-bond donors (Lipinski definition) is 0. The van der Waals surface area contributed by atoms with Crippen LogP contribution in [0.15, 0.2) is 24.3 Å². The largest absolute Gasteiger partial charge is 0.207 e. The monoisotopic (exact) mass is 292 g/mol. The number of thiophene rings is 1. The third-order valence-electron chi connectivity index (χ3n) is 2.39. The molecule has 0 saturated heterocycles. The van der Waals surface area contributed by atoms with Gasteiger partial charge in [0.25, 0.3) is 0 Å². The third-order valence-corrected chi connectivity index (χ3v) is 4.29. The minimum absolute atomic E-state index is 0.133. The van der Waals surface area contributed by atoms with E-state index in [-0.39, 0.29) is 11.1 Å². The van der Waals surface area contributed by atoms with E-state index in [0.29, 0.717) is 9.21 Å². The molecule has 17 heavy (non-hydrogen) atoms. The summed E-state index contributed by atoms with van der Waals surface area (Å²) < 4.78 is 27.7. The molecule has 0 spiro atoms. The summed E-state index contributed by atoms with van der Waals surface area (Å²) >= 11 is 13.2. The van der Waals surface area contributed by atoms with Crippen molar-refractivity contribution in [1.29, 1.82) is 0 Å². The van der Waals surface area contributed by atoms with Crippen molar-refractivity contribution in [3.63, 3.8) is 0 Å². The zero-order valence-corrected chi connectivity index (χ0v) is 11.1. The van der Waals surface area contributed by atoms with Crippen LogP contribution in [0.1, 0.15) is 21.4 Å². The molecular weight excluding hydrogens is 285 g/mol. The second kappa shape index (κ2) is 4.92. The Morgan fingerprint density at radius 3 is 2.47 bits per heavy atom. The minimum Gasteiger partial charge on any atom is -0.207 e. The molecule has 90 valence electrons. The van der Waals surface area contributed by atoms with Crippen LogP contribution in [0.2, 0.25) is 4.34 Å². The van der Waals surface area contributed by atoms with Crippen molar-refractivity contribution in [2.45, 2.75) is 12.3 Å². The molecule has 5 heteroatoms. The van der Waals surface area contributed by atoms with Gasteiger partial charge in [0.15, 0.2) is 0 Å². The molecule has 2 rings (SSSR count). The Balaban J connectivity index is 2.43. The van der Waals surface area contributed by atoms with Crippen LogP contribution in [0.4, 0.5) is 8.78 Å². The predicted molar refractivity (Wildman–Crippen MR) is 68.1 cm³/mol. The molecule has 0 aliphatic carbocycles. The lowest BCUT2D eigenvalue weighted by molar-refractivity contribution is 0.581. The third kappa shape index (κ3) is 2.62. The molecule has 0 nitrogen and oxygen atoms in total. The van der Waals surface area contributed by atoms with Crippen LogP contribution in [-0.4, -0.2) is 0 Å². The molecule has 1 aromatic heterocycles. The first-order valence-corrected chi connectivity index (χ1v) is 6.47. The first-order chi connectivity index (χ1) is 7.99. The maximum absolute atomic E-state index is 13.7. The summed E-state index contributed by atoms with van der Waals surface area (Å²) in [6.45, 7) is 1.51. The Kier molecular flexibility index (Phi) is 3.71.